The van der Waals surface area contributed by atoms with Crippen molar-refractivity contribution >= 4 is 15.9 Å². The molecule has 3 nitrogen and oxygen atoms in total. The lowest BCUT2D eigenvalue weighted by Gasteiger charge is -2.19. The molecule has 3 rings (SSSR count). The summed E-state index contributed by atoms with van der Waals surface area (Å²) in [4.78, 5) is 2.45. The van der Waals surface area contributed by atoms with Crippen LogP contribution < -0.4 is 4.74 Å². The van der Waals surface area contributed by atoms with Gasteiger partial charge in [0.1, 0.15) is 5.75 Å². The van der Waals surface area contributed by atoms with Crippen molar-refractivity contribution in [1.29, 1.82) is 0 Å². The highest BCUT2D eigenvalue weighted by molar-refractivity contribution is 9.10. The molecular formula is C15H20BrNO2. The summed E-state index contributed by atoms with van der Waals surface area (Å²) >= 11 is 3.52. The molecule has 0 radical (unpaired) electrons. The van der Waals surface area contributed by atoms with E-state index >= 15 is 0 Å². The van der Waals surface area contributed by atoms with Crippen LogP contribution in [0.25, 0.3) is 0 Å². The molecular weight excluding hydrogens is 306 g/mol. The van der Waals surface area contributed by atoms with E-state index < -0.39 is 0 Å². The molecule has 3 atom stereocenters. The number of ether oxygens (including phenoxy) is 1. The summed E-state index contributed by atoms with van der Waals surface area (Å²) < 4.78 is 6.51. The van der Waals surface area contributed by atoms with Crippen molar-refractivity contribution in [2.24, 2.45) is 11.8 Å². The zero-order chi connectivity index (χ0) is 13.4. The zero-order valence-electron chi connectivity index (χ0n) is 11.2. The lowest BCUT2D eigenvalue weighted by molar-refractivity contribution is 0.123. The molecule has 104 valence electrons. The van der Waals surface area contributed by atoms with Crippen LogP contribution in [0.3, 0.4) is 0 Å². The van der Waals surface area contributed by atoms with E-state index in [1.165, 1.54) is 12.0 Å². The van der Waals surface area contributed by atoms with Crippen LogP contribution in [0.4, 0.5) is 0 Å². The number of halogens is 1. The average molecular weight is 326 g/mol. The van der Waals surface area contributed by atoms with Gasteiger partial charge in [-0.15, -0.1) is 0 Å². The Bertz CT molecular complexity index is 465. The Labute approximate surface area is 122 Å². The number of rotatable bonds is 3. The van der Waals surface area contributed by atoms with E-state index in [4.69, 9.17) is 4.74 Å². The zero-order valence-corrected chi connectivity index (χ0v) is 12.8. The first-order valence-electron chi connectivity index (χ1n) is 6.90. The maximum Gasteiger partial charge on any atom is 0.123 e. The minimum absolute atomic E-state index is 0.0839. The Kier molecular flexibility index (Phi) is 3.83. The smallest absolute Gasteiger partial charge is 0.123 e. The van der Waals surface area contributed by atoms with E-state index in [-0.39, 0.29) is 6.10 Å². The van der Waals surface area contributed by atoms with E-state index in [9.17, 15) is 5.11 Å². The summed E-state index contributed by atoms with van der Waals surface area (Å²) in [6.07, 6.45) is 2.08. The van der Waals surface area contributed by atoms with E-state index in [1.807, 2.05) is 12.1 Å². The molecule has 1 saturated heterocycles. The third kappa shape index (κ3) is 2.67. The number of likely N-dealkylation sites (tertiary alicyclic amines) is 1. The third-order valence-electron chi connectivity index (χ3n) is 4.53. The van der Waals surface area contributed by atoms with Gasteiger partial charge in [0.2, 0.25) is 0 Å². The van der Waals surface area contributed by atoms with Crippen molar-refractivity contribution in [2.75, 3.05) is 20.2 Å². The first kappa shape index (κ1) is 13.4. The van der Waals surface area contributed by atoms with Crippen molar-refractivity contribution in [3.8, 4) is 5.75 Å². The molecule has 1 N–H and O–H groups in total. The highest BCUT2D eigenvalue weighted by atomic mass is 79.9. The second kappa shape index (κ2) is 5.43. The Balaban J connectivity index is 1.71. The number of benzene rings is 1. The highest BCUT2D eigenvalue weighted by Crippen LogP contribution is 2.39. The fourth-order valence-electron chi connectivity index (χ4n) is 3.57. The predicted octanol–water partition coefficient (Wildman–Crippen LogP) is 2.66. The second-order valence-electron chi connectivity index (χ2n) is 5.72. The van der Waals surface area contributed by atoms with E-state index in [1.54, 1.807) is 7.11 Å². The van der Waals surface area contributed by atoms with Gasteiger partial charge in [0.25, 0.3) is 0 Å². The number of hydrogen-bond donors (Lipinski definition) is 1. The second-order valence-corrected chi connectivity index (χ2v) is 6.63. The average Bonchev–Trinajstić information content (AvgIpc) is 2.92. The summed E-state index contributed by atoms with van der Waals surface area (Å²) in [5.41, 5.74) is 1.21. The van der Waals surface area contributed by atoms with Crippen LogP contribution in [0.2, 0.25) is 0 Å². The van der Waals surface area contributed by atoms with Crippen molar-refractivity contribution in [1.82, 2.24) is 4.90 Å². The van der Waals surface area contributed by atoms with Crippen LogP contribution in [-0.4, -0.2) is 36.3 Å². The normalized spacial score (nSPS) is 30.6. The van der Waals surface area contributed by atoms with Gasteiger partial charge in [-0.1, -0.05) is 15.9 Å². The molecule has 4 heteroatoms. The Hall–Kier alpha value is -0.580. The number of methoxy groups -OCH3 is 1. The van der Waals surface area contributed by atoms with E-state index in [2.05, 4.69) is 26.9 Å². The van der Waals surface area contributed by atoms with Crippen molar-refractivity contribution in [3.63, 3.8) is 0 Å². The highest BCUT2D eigenvalue weighted by Gasteiger charge is 2.41. The van der Waals surface area contributed by atoms with E-state index in [0.29, 0.717) is 11.8 Å². The predicted molar refractivity (Wildman–Crippen MR) is 78.2 cm³/mol. The van der Waals surface area contributed by atoms with Gasteiger partial charge in [0.15, 0.2) is 0 Å². The third-order valence-corrected chi connectivity index (χ3v) is 5.02. The molecule has 1 aliphatic heterocycles. The fraction of sp³-hybridized carbons (Fsp3) is 0.600. The lowest BCUT2D eigenvalue weighted by Crippen LogP contribution is -2.24. The van der Waals surface area contributed by atoms with Crippen LogP contribution in [0, 0.1) is 11.8 Å². The maximum absolute atomic E-state index is 9.97. The summed E-state index contributed by atoms with van der Waals surface area (Å²) in [5.74, 6) is 2.12. The molecule has 1 saturated carbocycles. The van der Waals surface area contributed by atoms with Crippen LogP contribution in [0.5, 0.6) is 5.75 Å². The number of aliphatic hydroxyl groups excluding tert-OH is 1. The van der Waals surface area contributed by atoms with Crippen molar-refractivity contribution in [2.45, 2.75) is 25.5 Å². The minimum atomic E-state index is -0.0839. The summed E-state index contributed by atoms with van der Waals surface area (Å²) in [5, 5.41) is 9.97. The van der Waals surface area contributed by atoms with Gasteiger partial charge in [0, 0.05) is 35.6 Å². The van der Waals surface area contributed by atoms with Crippen molar-refractivity contribution < 1.29 is 9.84 Å². The summed E-state index contributed by atoms with van der Waals surface area (Å²) in [6.45, 7) is 3.03. The molecule has 1 aromatic carbocycles. The molecule has 3 unspecified atom stereocenters. The first-order chi connectivity index (χ1) is 9.17. The monoisotopic (exact) mass is 325 g/mol. The lowest BCUT2D eigenvalue weighted by atomic mass is 10.00. The molecule has 0 aromatic heterocycles. The van der Waals surface area contributed by atoms with E-state index in [0.717, 1.165) is 36.3 Å². The van der Waals surface area contributed by atoms with Gasteiger partial charge >= 0.3 is 0 Å². The van der Waals surface area contributed by atoms with Gasteiger partial charge in [-0.2, -0.15) is 0 Å². The number of fused-ring (bicyclic) bond motifs is 1. The van der Waals surface area contributed by atoms with Crippen LogP contribution in [-0.2, 0) is 6.54 Å². The molecule has 0 bridgehead atoms. The Morgan fingerprint density at radius 2 is 2.21 bits per heavy atom. The molecule has 1 aliphatic carbocycles. The van der Waals surface area contributed by atoms with Gasteiger partial charge in [0.05, 0.1) is 13.2 Å². The van der Waals surface area contributed by atoms with Gasteiger partial charge in [-0.25, -0.2) is 0 Å². The Morgan fingerprint density at radius 3 is 2.95 bits per heavy atom. The first-order valence-corrected chi connectivity index (χ1v) is 7.69. The summed E-state index contributed by atoms with van der Waals surface area (Å²) in [6, 6.07) is 6.14. The maximum atomic E-state index is 9.97. The minimum Gasteiger partial charge on any atom is -0.496 e. The molecule has 19 heavy (non-hydrogen) atoms. The van der Waals surface area contributed by atoms with Crippen LogP contribution in [0.15, 0.2) is 22.7 Å². The Morgan fingerprint density at radius 1 is 1.37 bits per heavy atom. The molecule has 2 fully saturated rings. The molecule has 1 aromatic rings. The van der Waals surface area contributed by atoms with Crippen LogP contribution in [0.1, 0.15) is 18.4 Å². The topological polar surface area (TPSA) is 32.7 Å². The summed E-state index contributed by atoms with van der Waals surface area (Å²) in [7, 11) is 1.72. The number of aliphatic hydroxyl groups is 1. The largest absolute Gasteiger partial charge is 0.496 e. The van der Waals surface area contributed by atoms with Crippen LogP contribution >= 0.6 is 15.9 Å². The molecule has 0 amide bonds. The number of hydrogen-bond acceptors (Lipinski definition) is 3. The molecule has 1 heterocycles. The number of nitrogens with zero attached hydrogens (tertiary/aromatic N) is 1. The van der Waals surface area contributed by atoms with Gasteiger partial charge in [-0.05, 0) is 37.0 Å². The fourth-order valence-corrected chi connectivity index (χ4v) is 3.98. The quantitative estimate of drug-likeness (QED) is 0.927. The standard InChI is InChI=1S/C15H20BrNO2/c1-19-15-5-3-12(16)6-11(15)8-17-7-10-2-4-14(18)13(10)9-17/h3,5-6,10,13-14,18H,2,4,7-9H2,1H3. The SMILES string of the molecule is COc1ccc(Br)cc1CN1CC2CCC(O)C2C1. The molecule has 0 spiro atoms. The van der Waals surface area contributed by atoms with Gasteiger partial charge in [-0.3, -0.25) is 4.90 Å². The van der Waals surface area contributed by atoms with Crippen molar-refractivity contribution in [3.05, 3.63) is 28.2 Å². The van der Waals surface area contributed by atoms with Gasteiger partial charge < -0.3 is 9.84 Å². The molecule has 2 aliphatic rings.